The number of piperidine rings is 1. The van der Waals surface area contributed by atoms with Gasteiger partial charge in [-0.2, -0.15) is 4.91 Å². The Bertz CT molecular complexity index is 250. The molecule has 0 aliphatic carbocycles. The topological polar surface area (TPSA) is 32.7 Å². The van der Waals surface area contributed by atoms with Gasteiger partial charge < -0.3 is 4.90 Å². The van der Waals surface area contributed by atoms with Crippen molar-refractivity contribution in [1.29, 1.82) is 0 Å². The summed E-state index contributed by atoms with van der Waals surface area (Å²) in [6.07, 6.45) is 7.18. The molecule has 76 valence electrons. The third kappa shape index (κ3) is 2.55. The second-order valence-corrected chi connectivity index (χ2v) is 3.35. The summed E-state index contributed by atoms with van der Waals surface area (Å²) in [6, 6.07) is 0.000969. The Kier molecular flexibility index (Phi) is 4.11. The quantitative estimate of drug-likeness (QED) is 0.506. The van der Waals surface area contributed by atoms with E-state index >= 15 is 0 Å². The van der Waals surface area contributed by atoms with Gasteiger partial charge in [-0.15, -0.1) is 0 Å². The van der Waals surface area contributed by atoms with Gasteiger partial charge in [0, 0.05) is 18.8 Å². The standard InChI is InChI=1S/C11H16N2O/c1-3-5-11(4-2)13-8-6-10(12-14)7-9-13/h3-5,10H,1-2,6-9H2. The third-order valence-corrected chi connectivity index (χ3v) is 2.48. The van der Waals surface area contributed by atoms with Crippen LogP contribution in [0.1, 0.15) is 12.8 Å². The van der Waals surface area contributed by atoms with Gasteiger partial charge in [-0.1, -0.05) is 24.4 Å². The minimum Gasteiger partial charge on any atom is -0.371 e. The maximum Gasteiger partial charge on any atom is 0.0953 e. The van der Waals surface area contributed by atoms with E-state index < -0.39 is 0 Å². The molecule has 0 radical (unpaired) electrons. The number of likely N-dealkylation sites (tertiary alicyclic amines) is 1. The van der Waals surface area contributed by atoms with E-state index in [0.717, 1.165) is 31.6 Å². The molecule has 0 aromatic heterocycles. The van der Waals surface area contributed by atoms with Crippen LogP contribution in [0, 0.1) is 4.91 Å². The third-order valence-electron chi connectivity index (χ3n) is 2.48. The zero-order valence-corrected chi connectivity index (χ0v) is 8.35. The first-order chi connectivity index (χ1) is 6.81. The van der Waals surface area contributed by atoms with Crippen LogP contribution in [0.25, 0.3) is 0 Å². The second-order valence-electron chi connectivity index (χ2n) is 3.35. The molecule has 1 fully saturated rings. The smallest absolute Gasteiger partial charge is 0.0953 e. The Hall–Kier alpha value is -1.38. The Morgan fingerprint density at radius 2 is 2.00 bits per heavy atom. The van der Waals surface area contributed by atoms with E-state index in [-0.39, 0.29) is 6.04 Å². The maximum absolute atomic E-state index is 10.3. The normalized spacial score (nSPS) is 19.1. The molecular formula is C11H16N2O. The molecule has 1 heterocycles. The van der Waals surface area contributed by atoms with Crippen molar-refractivity contribution in [3.63, 3.8) is 0 Å². The lowest BCUT2D eigenvalue weighted by Gasteiger charge is -2.31. The van der Waals surface area contributed by atoms with E-state index in [2.05, 4.69) is 23.2 Å². The number of hydrogen-bond donors (Lipinski definition) is 0. The van der Waals surface area contributed by atoms with E-state index in [9.17, 15) is 4.91 Å². The Morgan fingerprint density at radius 1 is 1.36 bits per heavy atom. The van der Waals surface area contributed by atoms with E-state index in [4.69, 9.17) is 0 Å². The van der Waals surface area contributed by atoms with E-state index in [1.807, 2.05) is 12.2 Å². The Morgan fingerprint density at radius 3 is 2.43 bits per heavy atom. The lowest BCUT2D eigenvalue weighted by atomic mass is 10.1. The predicted molar refractivity (Wildman–Crippen MR) is 58.9 cm³/mol. The van der Waals surface area contributed by atoms with Crippen LogP contribution in [0.4, 0.5) is 0 Å². The highest BCUT2D eigenvalue weighted by Crippen LogP contribution is 2.17. The fourth-order valence-electron chi connectivity index (χ4n) is 1.65. The molecule has 1 saturated heterocycles. The first-order valence-electron chi connectivity index (χ1n) is 4.84. The molecule has 3 nitrogen and oxygen atoms in total. The molecule has 0 aromatic carbocycles. The zero-order valence-electron chi connectivity index (χ0n) is 8.35. The van der Waals surface area contributed by atoms with E-state index in [0.29, 0.717) is 0 Å². The Labute approximate surface area is 84.8 Å². The van der Waals surface area contributed by atoms with Gasteiger partial charge in [0.15, 0.2) is 0 Å². The van der Waals surface area contributed by atoms with Crippen molar-refractivity contribution in [3.05, 3.63) is 42.0 Å². The zero-order chi connectivity index (χ0) is 10.4. The van der Waals surface area contributed by atoms with Gasteiger partial charge in [0.05, 0.1) is 6.04 Å². The molecule has 0 amide bonds. The van der Waals surface area contributed by atoms with Gasteiger partial charge in [-0.3, -0.25) is 0 Å². The van der Waals surface area contributed by atoms with Gasteiger partial charge in [-0.05, 0) is 25.0 Å². The van der Waals surface area contributed by atoms with Crippen molar-refractivity contribution in [2.75, 3.05) is 13.1 Å². The van der Waals surface area contributed by atoms with E-state index in [1.165, 1.54) is 0 Å². The highest BCUT2D eigenvalue weighted by molar-refractivity contribution is 5.20. The number of hydrogen-bond acceptors (Lipinski definition) is 3. The van der Waals surface area contributed by atoms with Gasteiger partial charge >= 0.3 is 0 Å². The molecule has 0 N–H and O–H groups in total. The first-order valence-corrected chi connectivity index (χ1v) is 4.84. The summed E-state index contributed by atoms with van der Waals surface area (Å²) in [6.45, 7) is 9.16. The summed E-state index contributed by atoms with van der Waals surface area (Å²) < 4.78 is 0. The summed E-state index contributed by atoms with van der Waals surface area (Å²) in [5.74, 6) is 0. The van der Waals surface area contributed by atoms with Crippen molar-refractivity contribution in [3.8, 4) is 0 Å². The fraction of sp³-hybridized carbons (Fsp3) is 0.455. The molecule has 1 rings (SSSR count). The monoisotopic (exact) mass is 192 g/mol. The summed E-state index contributed by atoms with van der Waals surface area (Å²) in [5, 5.41) is 3.07. The number of nitroso groups, excluding NO2 is 1. The average Bonchev–Trinajstić information content (AvgIpc) is 2.26. The number of nitrogens with zero attached hydrogens (tertiary/aromatic N) is 2. The van der Waals surface area contributed by atoms with Crippen molar-refractivity contribution in [2.24, 2.45) is 5.18 Å². The van der Waals surface area contributed by atoms with Crippen LogP contribution in [0.3, 0.4) is 0 Å². The molecule has 0 spiro atoms. The largest absolute Gasteiger partial charge is 0.371 e. The van der Waals surface area contributed by atoms with Crippen molar-refractivity contribution in [2.45, 2.75) is 18.9 Å². The maximum atomic E-state index is 10.3. The van der Waals surface area contributed by atoms with Gasteiger partial charge in [0.2, 0.25) is 0 Å². The van der Waals surface area contributed by atoms with Crippen LogP contribution in [0.15, 0.2) is 42.3 Å². The first kappa shape index (κ1) is 10.7. The molecule has 0 aromatic rings. The highest BCUT2D eigenvalue weighted by atomic mass is 16.3. The molecular weight excluding hydrogens is 176 g/mol. The van der Waals surface area contributed by atoms with Gasteiger partial charge in [0.1, 0.15) is 0 Å². The average molecular weight is 192 g/mol. The fourth-order valence-corrected chi connectivity index (χ4v) is 1.65. The SMILES string of the molecule is C=CC=C(C=C)N1CCC(N=O)CC1. The van der Waals surface area contributed by atoms with Crippen LogP contribution in [-0.4, -0.2) is 24.0 Å². The lowest BCUT2D eigenvalue weighted by Crippen LogP contribution is -2.33. The molecule has 3 heteroatoms. The van der Waals surface area contributed by atoms with Gasteiger partial charge in [0.25, 0.3) is 0 Å². The minimum absolute atomic E-state index is 0.000969. The summed E-state index contributed by atoms with van der Waals surface area (Å²) >= 11 is 0. The van der Waals surface area contributed by atoms with Gasteiger partial charge in [-0.25, -0.2) is 0 Å². The van der Waals surface area contributed by atoms with Crippen molar-refractivity contribution in [1.82, 2.24) is 4.90 Å². The predicted octanol–water partition coefficient (Wildman–Crippen LogP) is 2.47. The molecule has 0 atom stereocenters. The van der Waals surface area contributed by atoms with Crippen LogP contribution in [0.5, 0.6) is 0 Å². The molecule has 0 unspecified atom stereocenters. The molecule has 14 heavy (non-hydrogen) atoms. The highest BCUT2D eigenvalue weighted by Gasteiger charge is 2.19. The summed E-state index contributed by atoms with van der Waals surface area (Å²) in [5.41, 5.74) is 1.07. The second kappa shape index (κ2) is 5.37. The molecule has 1 aliphatic heterocycles. The molecule has 1 aliphatic rings. The van der Waals surface area contributed by atoms with Crippen LogP contribution in [-0.2, 0) is 0 Å². The summed E-state index contributed by atoms with van der Waals surface area (Å²) in [4.78, 5) is 12.5. The van der Waals surface area contributed by atoms with Crippen LogP contribution >= 0.6 is 0 Å². The van der Waals surface area contributed by atoms with E-state index in [1.54, 1.807) is 6.08 Å². The van der Waals surface area contributed by atoms with Crippen LogP contribution < -0.4 is 0 Å². The minimum atomic E-state index is 0.000969. The molecule has 0 saturated carbocycles. The van der Waals surface area contributed by atoms with Crippen molar-refractivity contribution >= 4 is 0 Å². The Balaban J connectivity index is 2.55. The van der Waals surface area contributed by atoms with Crippen LogP contribution in [0.2, 0.25) is 0 Å². The molecule has 0 bridgehead atoms. The number of allylic oxidation sites excluding steroid dienone is 3. The van der Waals surface area contributed by atoms with Crippen molar-refractivity contribution < 1.29 is 0 Å². The summed E-state index contributed by atoms with van der Waals surface area (Å²) in [7, 11) is 0. The lowest BCUT2D eigenvalue weighted by molar-refractivity contribution is 0.271. The number of rotatable bonds is 4.